The van der Waals surface area contributed by atoms with Crippen LogP contribution in [-0.2, 0) is 5.75 Å². The lowest BCUT2D eigenvalue weighted by Crippen LogP contribution is -1.91. The van der Waals surface area contributed by atoms with Gasteiger partial charge in [0.1, 0.15) is 5.03 Å². The minimum absolute atomic E-state index is 0.700. The van der Waals surface area contributed by atoms with Crippen molar-refractivity contribution in [2.45, 2.75) is 10.8 Å². The molecule has 0 radical (unpaired) electrons. The topological polar surface area (TPSA) is 38.9 Å². The van der Waals surface area contributed by atoms with Crippen LogP contribution in [0.2, 0.25) is 5.02 Å². The zero-order valence-electron chi connectivity index (χ0n) is 8.86. The second-order valence-electron chi connectivity index (χ2n) is 3.42. The van der Waals surface area contributed by atoms with E-state index >= 15 is 0 Å². The van der Waals surface area contributed by atoms with E-state index in [1.165, 1.54) is 0 Å². The Balaban J connectivity index is 2.10. The number of thioether (sulfide) groups is 1. The van der Waals surface area contributed by atoms with E-state index in [1.807, 2.05) is 30.3 Å². The molecule has 0 amide bonds. The molecule has 0 spiro atoms. The van der Waals surface area contributed by atoms with Gasteiger partial charge in [-0.3, -0.25) is 0 Å². The van der Waals surface area contributed by atoms with Crippen LogP contribution in [-0.4, -0.2) is 4.98 Å². The molecule has 0 atom stereocenters. The predicted octanol–water partition coefficient (Wildman–Crippen LogP) is 4.37. The highest BCUT2D eigenvalue weighted by molar-refractivity contribution is 9.10. The molecule has 0 saturated heterocycles. The van der Waals surface area contributed by atoms with Gasteiger partial charge in [0.25, 0.3) is 0 Å². The number of anilines is 1. The van der Waals surface area contributed by atoms with Crippen LogP contribution < -0.4 is 5.73 Å². The maximum Gasteiger partial charge on any atom is 0.119 e. The summed E-state index contributed by atoms with van der Waals surface area (Å²) in [6.45, 7) is 0. The van der Waals surface area contributed by atoms with Crippen LogP contribution in [0.25, 0.3) is 0 Å². The zero-order valence-corrected chi connectivity index (χ0v) is 12.0. The zero-order chi connectivity index (χ0) is 12.3. The third-order valence-corrected chi connectivity index (χ3v) is 4.10. The quantitative estimate of drug-likeness (QED) is 0.850. The highest BCUT2D eigenvalue weighted by Gasteiger charge is 2.04. The number of rotatable bonds is 3. The van der Waals surface area contributed by atoms with Gasteiger partial charge in [-0.25, -0.2) is 4.98 Å². The first-order chi connectivity index (χ1) is 8.16. The molecule has 0 unspecified atom stereocenters. The van der Waals surface area contributed by atoms with Crippen LogP contribution in [0, 0.1) is 0 Å². The molecular weight excluding hydrogens is 320 g/mol. The van der Waals surface area contributed by atoms with Gasteiger partial charge in [-0.1, -0.05) is 45.4 Å². The summed E-state index contributed by atoms with van der Waals surface area (Å²) in [5.41, 5.74) is 7.60. The normalized spacial score (nSPS) is 10.5. The average molecular weight is 330 g/mol. The van der Waals surface area contributed by atoms with Gasteiger partial charge in [0.05, 0.1) is 5.69 Å². The molecule has 0 saturated carbocycles. The standard InChI is InChI=1S/C12H10BrClN2S/c13-9-4-3-8(10(14)6-9)7-17-12-11(15)2-1-5-16-12/h1-6H,7,15H2. The number of aromatic nitrogens is 1. The summed E-state index contributed by atoms with van der Waals surface area (Å²) in [5.74, 6) is 0.757. The second kappa shape index (κ2) is 5.76. The van der Waals surface area contributed by atoms with Crippen molar-refractivity contribution in [1.82, 2.24) is 4.98 Å². The van der Waals surface area contributed by atoms with Crippen molar-refractivity contribution >= 4 is 45.0 Å². The van der Waals surface area contributed by atoms with Crippen LogP contribution in [0.15, 0.2) is 46.0 Å². The van der Waals surface area contributed by atoms with E-state index in [1.54, 1.807) is 18.0 Å². The summed E-state index contributed by atoms with van der Waals surface area (Å²) >= 11 is 11.1. The van der Waals surface area contributed by atoms with E-state index in [0.717, 1.165) is 25.8 Å². The van der Waals surface area contributed by atoms with Crippen molar-refractivity contribution in [3.05, 3.63) is 51.6 Å². The molecule has 2 aromatic rings. The molecule has 0 bridgehead atoms. The Morgan fingerprint density at radius 3 is 2.88 bits per heavy atom. The number of nitrogens with zero attached hydrogens (tertiary/aromatic N) is 1. The SMILES string of the molecule is Nc1cccnc1SCc1ccc(Br)cc1Cl. The Bertz CT molecular complexity index is 534. The maximum absolute atomic E-state index is 6.14. The molecule has 17 heavy (non-hydrogen) atoms. The third-order valence-electron chi connectivity index (χ3n) is 2.18. The summed E-state index contributed by atoms with van der Waals surface area (Å²) in [5, 5.41) is 1.59. The molecular formula is C12H10BrClN2S. The summed E-state index contributed by atoms with van der Waals surface area (Å²) in [7, 11) is 0. The number of benzene rings is 1. The van der Waals surface area contributed by atoms with E-state index < -0.39 is 0 Å². The average Bonchev–Trinajstić information content (AvgIpc) is 2.30. The monoisotopic (exact) mass is 328 g/mol. The van der Waals surface area contributed by atoms with E-state index in [-0.39, 0.29) is 0 Å². The Labute approximate surface area is 118 Å². The molecule has 2 rings (SSSR count). The lowest BCUT2D eigenvalue weighted by molar-refractivity contribution is 1.14. The lowest BCUT2D eigenvalue weighted by atomic mass is 10.2. The maximum atomic E-state index is 6.14. The smallest absolute Gasteiger partial charge is 0.119 e. The van der Waals surface area contributed by atoms with Crippen LogP contribution >= 0.6 is 39.3 Å². The molecule has 0 aliphatic rings. The fourth-order valence-electron chi connectivity index (χ4n) is 1.31. The fourth-order valence-corrected chi connectivity index (χ4v) is 3.04. The molecule has 88 valence electrons. The Morgan fingerprint density at radius 2 is 2.18 bits per heavy atom. The van der Waals surface area contributed by atoms with E-state index in [2.05, 4.69) is 20.9 Å². The minimum Gasteiger partial charge on any atom is -0.397 e. The second-order valence-corrected chi connectivity index (χ2v) is 5.71. The predicted molar refractivity (Wildman–Crippen MR) is 77.4 cm³/mol. The Hall–Kier alpha value is -0.710. The lowest BCUT2D eigenvalue weighted by Gasteiger charge is -2.06. The number of pyridine rings is 1. The highest BCUT2D eigenvalue weighted by Crippen LogP contribution is 2.29. The van der Waals surface area contributed by atoms with Crippen molar-refractivity contribution in [1.29, 1.82) is 0 Å². The molecule has 5 heteroatoms. The summed E-state index contributed by atoms with van der Waals surface area (Å²) in [6.07, 6.45) is 1.74. The molecule has 2 nitrogen and oxygen atoms in total. The minimum atomic E-state index is 0.700. The van der Waals surface area contributed by atoms with Gasteiger partial charge in [-0.05, 0) is 29.8 Å². The van der Waals surface area contributed by atoms with E-state index in [4.69, 9.17) is 17.3 Å². The molecule has 0 aliphatic carbocycles. The number of nitrogen functional groups attached to an aromatic ring is 1. The van der Waals surface area contributed by atoms with Gasteiger partial charge in [0.15, 0.2) is 0 Å². The highest BCUT2D eigenvalue weighted by atomic mass is 79.9. The Kier molecular flexibility index (Phi) is 4.31. The van der Waals surface area contributed by atoms with Gasteiger partial charge in [0.2, 0.25) is 0 Å². The van der Waals surface area contributed by atoms with E-state index in [0.29, 0.717) is 5.69 Å². The van der Waals surface area contributed by atoms with Crippen LogP contribution in [0.1, 0.15) is 5.56 Å². The van der Waals surface area contributed by atoms with Crippen molar-refractivity contribution in [3.8, 4) is 0 Å². The first kappa shape index (κ1) is 12.7. The van der Waals surface area contributed by atoms with E-state index in [9.17, 15) is 0 Å². The summed E-state index contributed by atoms with van der Waals surface area (Å²) < 4.78 is 0.980. The van der Waals surface area contributed by atoms with Crippen molar-refractivity contribution in [2.24, 2.45) is 0 Å². The van der Waals surface area contributed by atoms with Crippen molar-refractivity contribution in [3.63, 3.8) is 0 Å². The number of halogens is 2. The third kappa shape index (κ3) is 3.37. The van der Waals surface area contributed by atoms with Gasteiger partial charge in [0, 0.05) is 21.4 Å². The van der Waals surface area contributed by atoms with Gasteiger partial charge < -0.3 is 5.73 Å². The van der Waals surface area contributed by atoms with Crippen LogP contribution in [0.5, 0.6) is 0 Å². The largest absolute Gasteiger partial charge is 0.397 e. The summed E-state index contributed by atoms with van der Waals surface area (Å²) in [6, 6.07) is 9.53. The first-order valence-electron chi connectivity index (χ1n) is 4.94. The molecule has 1 aromatic carbocycles. The van der Waals surface area contributed by atoms with Crippen LogP contribution in [0.4, 0.5) is 5.69 Å². The molecule has 0 fully saturated rings. The van der Waals surface area contributed by atoms with Gasteiger partial charge in [-0.15, -0.1) is 0 Å². The fraction of sp³-hybridized carbons (Fsp3) is 0.0833. The number of hydrogen-bond donors (Lipinski definition) is 1. The molecule has 1 aromatic heterocycles. The molecule has 1 heterocycles. The Morgan fingerprint density at radius 1 is 1.35 bits per heavy atom. The molecule has 0 aliphatic heterocycles. The van der Waals surface area contributed by atoms with Gasteiger partial charge in [-0.2, -0.15) is 0 Å². The molecule has 2 N–H and O–H groups in total. The van der Waals surface area contributed by atoms with Gasteiger partial charge >= 0.3 is 0 Å². The van der Waals surface area contributed by atoms with Crippen molar-refractivity contribution in [2.75, 3.05) is 5.73 Å². The van der Waals surface area contributed by atoms with Crippen molar-refractivity contribution < 1.29 is 0 Å². The number of nitrogens with two attached hydrogens (primary N) is 1. The first-order valence-corrected chi connectivity index (χ1v) is 7.09. The summed E-state index contributed by atoms with van der Waals surface area (Å²) in [4.78, 5) is 4.23. The van der Waals surface area contributed by atoms with Crippen LogP contribution in [0.3, 0.4) is 0 Å². The number of hydrogen-bond acceptors (Lipinski definition) is 3.